The first-order valence-electron chi connectivity index (χ1n) is 5.92. The molecule has 94 valence electrons. The van der Waals surface area contributed by atoms with Gasteiger partial charge in [-0.3, -0.25) is 0 Å². The normalized spacial score (nSPS) is 19.3. The molecule has 0 bridgehead atoms. The summed E-state index contributed by atoms with van der Waals surface area (Å²) in [5.74, 6) is 1.12. The van der Waals surface area contributed by atoms with Gasteiger partial charge in [0.25, 0.3) is 0 Å². The van der Waals surface area contributed by atoms with E-state index in [9.17, 15) is 5.11 Å². The summed E-state index contributed by atoms with van der Waals surface area (Å²) in [6, 6.07) is 4.19. The fourth-order valence-electron chi connectivity index (χ4n) is 2.33. The number of nitrogens with one attached hydrogen (secondary N) is 1. The molecule has 0 spiro atoms. The number of phenols is 1. The van der Waals surface area contributed by atoms with Gasteiger partial charge in [-0.25, -0.2) is 0 Å². The molecule has 17 heavy (non-hydrogen) atoms. The zero-order chi connectivity index (χ0) is 12.3. The number of benzene rings is 1. The molecule has 2 N–H and O–H groups in total. The smallest absolute Gasteiger partial charge is 0.203 e. The van der Waals surface area contributed by atoms with Crippen molar-refractivity contribution in [3.05, 3.63) is 17.7 Å². The van der Waals surface area contributed by atoms with Gasteiger partial charge in [0.15, 0.2) is 11.5 Å². The first-order valence-corrected chi connectivity index (χ1v) is 5.92. The van der Waals surface area contributed by atoms with Crippen molar-refractivity contribution in [2.75, 3.05) is 20.8 Å². The number of hydrogen-bond donors (Lipinski definition) is 2. The Bertz CT molecular complexity index is 386. The summed E-state index contributed by atoms with van der Waals surface area (Å²) in [6.45, 7) is 1.09. The molecule has 1 atom stereocenters. The lowest BCUT2D eigenvalue weighted by molar-refractivity contribution is 0.332. The maximum absolute atomic E-state index is 9.85. The van der Waals surface area contributed by atoms with E-state index in [-0.39, 0.29) is 5.75 Å². The van der Waals surface area contributed by atoms with Gasteiger partial charge in [-0.2, -0.15) is 0 Å². The summed E-state index contributed by atoms with van der Waals surface area (Å²) in [5.41, 5.74) is 1.07. The Labute approximate surface area is 102 Å². The molecule has 1 saturated heterocycles. The second-order valence-corrected chi connectivity index (χ2v) is 4.35. The van der Waals surface area contributed by atoms with Crippen LogP contribution in [0.1, 0.15) is 18.4 Å². The molecule has 0 aromatic heterocycles. The molecule has 4 nitrogen and oxygen atoms in total. The number of rotatable bonds is 4. The molecule has 1 aliphatic heterocycles. The standard InChI is InChI=1S/C13H19NO3/c1-16-12-8-9(6-10-4-3-5-14-10)7-11(15)13(12)17-2/h7-8,10,14-15H,3-6H2,1-2H3. The molecule has 1 unspecified atom stereocenters. The lowest BCUT2D eigenvalue weighted by atomic mass is 10.0. The van der Waals surface area contributed by atoms with Crippen LogP contribution in [0.25, 0.3) is 0 Å². The van der Waals surface area contributed by atoms with Crippen LogP contribution in [-0.2, 0) is 6.42 Å². The monoisotopic (exact) mass is 237 g/mol. The number of phenolic OH excluding ortho intramolecular Hbond substituents is 1. The van der Waals surface area contributed by atoms with Gasteiger partial charge in [-0.15, -0.1) is 0 Å². The van der Waals surface area contributed by atoms with Gasteiger partial charge in [0.1, 0.15) is 0 Å². The largest absolute Gasteiger partial charge is 0.504 e. The SMILES string of the molecule is COc1cc(CC2CCCN2)cc(O)c1OC. The molecule has 1 fully saturated rings. The molecule has 1 aliphatic rings. The highest BCUT2D eigenvalue weighted by Crippen LogP contribution is 2.37. The molecule has 0 radical (unpaired) electrons. The van der Waals surface area contributed by atoms with Crippen LogP contribution in [0.4, 0.5) is 0 Å². The Balaban J connectivity index is 2.19. The van der Waals surface area contributed by atoms with E-state index >= 15 is 0 Å². The van der Waals surface area contributed by atoms with Crippen LogP contribution in [0.2, 0.25) is 0 Å². The van der Waals surface area contributed by atoms with E-state index in [4.69, 9.17) is 9.47 Å². The minimum absolute atomic E-state index is 0.139. The molecule has 0 amide bonds. The summed E-state index contributed by atoms with van der Waals surface area (Å²) in [4.78, 5) is 0. The van der Waals surface area contributed by atoms with Gasteiger partial charge in [0, 0.05) is 6.04 Å². The molecular formula is C13H19NO3. The van der Waals surface area contributed by atoms with Crippen molar-refractivity contribution in [3.63, 3.8) is 0 Å². The molecule has 1 heterocycles. The summed E-state index contributed by atoms with van der Waals surface area (Å²) >= 11 is 0. The summed E-state index contributed by atoms with van der Waals surface area (Å²) < 4.78 is 10.3. The van der Waals surface area contributed by atoms with Crippen LogP contribution in [0.3, 0.4) is 0 Å². The molecule has 0 aliphatic carbocycles. The first-order chi connectivity index (χ1) is 8.24. The number of ether oxygens (including phenoxy) is 2. The maximum Gasteiger partial charge on any atom is 0.203 e. The van der Waals surface area contributed by atoms with Gasteiger partial charge in [0.2, 0.25) is 5.75 Å². The van der Waals surface area contributed by atoms with Crippen molar-refractivity contribution in [1.82, 2.24) is 5.32 Å². The van der Waals surface area contributed by atoms with E-state index in [1.54, 1.807) is 13.2 Å². The van der Waals surface area contributed by atoms with Gasteiger partial charge in [-0.05, 0) is 43.5 Å². The van der Waals surface area contributed by atoms with Crippen molar-refractivity contribution in [2.45, 2.75) is 25.3 Å². The zero-order valence-electron chi connectivity index (χ0n) is 10.3. The van der Waals surface area contributed by atoms with E-state index in [0.29, 0.717) is 17.5 Å². The Kier molecular flexibility index (Phi) is 3.74. The van der Waals surface area contributed by atoms with Crippen LogP contribution in [-0.4, -0.2) is 31.9 Å². The Morgan fingerprint density at radius 2 is 2.18 bits per heavy atom. The summed E-state index contributed by atoms with van der Waals surface area (Å²) in [7, 11) is 3.10. The maximum atomic E-state index is 9.85. The molecule has 1 aromatic carbocycles. The predicted octanol–water partition coefficient (Wildman–Crippen LogP) is 1.70. The third-order valence-corrected chi connectivity index (χ3v) is 3.16. The molecule has 2 rings (SSSR count). The van der Waals surface area contributed by atoms with Crippen molar-refractivity contribution in [2.24, 2.45) is 0 Å². The Hall–Kier alpha value is -1.42. The lowest BCUT2D eigenvalue weighted by Crippen LogP contribution is -2.23. The Morgan fingerprint density at radius 1 is 1.35 bits per heavy atom. The highest BCUT2D eigenvalue weighted by molar-refractivity contribution is 5.53. The molecular weight excluding hydrogens is 218 g/mol. The van der Waals surface area contributed by atoms with Crippen molar-refractivity contribution < 1.29 is 14.6 Å². The second-order valence-electron chi connectivity index (χ2n) is 4.35. The summed E-state index contributed by atoms with van der Waals surface area (Å²) in [6.07, 6.45) is 3.33. The van der Waals surface area contributed by atoms with Crippen LogP contribution in [0.5, 0.6) is 17.2 Å². The average Bonchev–Trinajstić information content (AvgIpc) is 2.81. The highest BCUT2D eigenvalue weighted by atomic mass is 16.5. The topological polar surface area (TPSA) is 50.7 Å². The lowest BCUT2D eigenvalue weighted by Gasteiger charge is -2.14. The third-order valence-electron chi connectivity index (χ3n) is 3.16. The number of hydrogen-bond acceptors (Lipinski definition) is 4. The predicted molar refractivity (Wildman–Crippen MR) is 65.9 cm³/mol. The van der Waals surface area contributed by atoms with Crippen LogP contribution in [0.15, 0.2) is 12.1 Å². The van der Waals surface area contributed by atoms with E-state index in [2.05, 4.69) is 5.32 Å². The van der Waals surface area contributed by atoms with E-state index < -0.39 is 0 Å². The zero-order valence-corrected chi connectivity index (χ0v) is 10.3. The van der Waals surface area contributed by atoms with Crippen molar-refractivity contribution in [1.29, 1.82) is 0 Å². The van der Waals surface area contributed by atoms with Gasteiger partial charge in [-0.1, -0.05) is 0 Å². The minimum Gasteiger partial charge on any atom is -0.504 e. The molecule has 0 saturated carbocycles. The Morgan fingerprint density at radius 3 is 2.76 bits per heavy atom. The van der Waals surface area contributed by atoms with Crippen molar-refractivity contribution >= 4 is 0 Å². The van der Waals surface area contributed by atoms with E-state index in [1.807, 2.05) is 6.07 Å². The van der Waals surface area contributed by atoms with E-state index in [0.717, 1.165) is 18.5 Å². The van der Waals surface area contributed by atoms with E-state index in [1.165, 1.54) is 20.0 Å². The van der Waals surface area contributed by atoms with Gasteiger partial charge in [0.05, 0.1) is 14.2 Å². The molecule has 4 heteroatoms. The third kappa shape index (κ3) is 2.64. The fraction of sp³-hybridized carbons (Fsp3) is 0.538. The first kappa shape index (κ1) is 12.0. The number of methoxy groups -OCH3 is 2. The highest BCUT2D eigenvalue weighted by Gasteiger charge is 2.17. The average molecular weight is 237 g/mol. The van der Waals surface area contributed by atoms with Crippen LogP contribution in [0, 0.1) is 0 Å². The second kappa shape index (κ2) is 5.27. The van der Waals surface area contributed by atoms with Crippen LogP contribution >= 0.6 is 0 Å². The summed E-state index contributed by atoms with van der Waals surface area (Å²) in [5, 5.41) is 13.3. The van der Waals surface area contributed by atoms with Crippen LogP contribution < -0.4 is 14.8 Å². The fourth-order valence-corrected chi connectivity index (χ4v) is 2.33. The quantitative estimate of drug-likeness (QED) is 0.837. The van der Waals surface area contributed by atoms with Crippen molar-refractivity contribution in [3.8, 4) is 17.2 Å². The molecule has 1 aromatic rings. The number of aromatic hydroxyl groups is 1. The minimum atomic E-state index is 0.139. The van der Waals surface area contributed by atoms with Gasteiger partial charge < -0.3 is 19.9 Å². The van der Waals surface area contributed by atoms with Gasteiger partial charge >= 0.3 is 0 Å².